The Balaban J connectivity index is 1.46. The van der Waals surface area contributed by atoms with Crippen LogP contribution in [0.1, 0.15) is 15.9 Å². The molecule has 7 nitrogen and oxygen atoms in total. The molecule has 0 fully saturated rings. The predicted molar refractivity (Wildman–Crippen MR) is 119 cm³/mol. The summed E-state index contributed by atoms with van der Waals surface area (Å²) in [6.07, 6.45) is 3.04. The lowest BCUT2D eigenvalue weighted by Gasteiger charge is -2.08. The Hall–Kier alpha value is -2.97. The van der Waals surface area contributed by atoms with Gasteiger partial charge in [-0.05, 0) is 23.8 Å². The molecule has 2 aromatic carbocycles. The van der Waals surface area contributed by atoms with E-state index in [4.69, 9.17) is 11.6 Å². The smallest absolute Gasteiger partial charge is 0.264 e. The third-order valence-corrected chi connectivity index (χ3v) is 5.42. The van der Waals surface area contributed by atoms with Gasteiger partial charge in [0.25, 0.3) is 11.5 Å². The minimum atomic E-state index is -0.282. The second-order valence-electron chi connectivity index (χ2n) is 6.65. The molecule has 0 aliphatic heterocycles. The summed E-state index contributed by atoms with van der Waals surface area (Å²) in [4.78, 5) is 29.5. The Labute approximate surface area is 185 Å². The van der Waals surface area contributed by atoms with Crippen LogP contribution in [-0.2, 0) is 13.1 Å². The van der Waals surface area contributed by atoms with Crippen LogP contribution < -0.4 is 10.9 Å². The zero-order chi connectivity index (χ0) is 21.1. The third-order valence-electron chi connectivity index (χ3n) is 4.60. The maximum absolute atomic E-state index is 12.8. The molecule has 0 bridgehead atoms. The van der Waals surface area contributed by atoms with Gasteiger partial charge in [0.15, 0.2) is 5.65 Å². The van der Waals surface area contributed by atoms with Gasteiger partial charge < -0.3 is 5.32 Å². The Morgan fingerprint density at radius 1 is 1.17 bits per heavy atom. The van der Waals surface area contributed by atoms with Crippen LogP contribution in [0.3, 0.4) is 0 Å². The minimum Gasteiger partial charge on any atom is -0.350 e. The zero-order valence-electron chi connectivity index (χ0n) is 15.8. The average molecular weight is 487 g/mol. The zero-order valence-corrected chi connectivity index (χ0v) is 18.1. The Morgan fingerprint density at radius 3 is 2.77 bits per heavy atom. The lowest BCUT2D eigenvalue weighted by atomic mass is 10.2. The van der Waals surface area contributed by atoms with E-state index >= 15 is 0 Å². The monoisotopic (exact) mass is 485 g/mol. The van der Waals surface area contributed by atoms with E-state index in [1.165, 1.54) is 12.5 Å². The van der Waals surface area contributed by atoms with Crippen molar-refractivity contribution in [2.45, 2.75) is 13.1 Å². The number of halogens is 2. The summed E-state index contributed by atoms with van der Waals surface area (Å²) in [6, 6.07) is 14.8. The fourth-order valence-electron chi connectivity index (χ4n) is 3.10. The van der Waals surface area contributed by atoms with E-state index < -0.39 is 0 Å². The van der Waals surface area contributed by atoms with Gasteiger partial charge >= 0.3 is 0 Å². The highest BCUT2D eigenvalue weighted by Gasteiger charge is 2.13. The maximum Gasteiger partial charge on any atom is 0.264 e. The summed E-state index contributed by atoms with van der Waals surface area (Å²) in [5.74, 6) is -0.282. The molecule has 9 heteroatoms. The lowest BCUT2D eigenvalue weighted by Crippen LogP contribution is -2.28. The summed E-state index contributed by atoms with van der Waals surface area (Å²) in [5, 5.41) is 7.89. The molecule has 1 amide bonds. The van der Waals surface area contributed by atoms with Gasteiger partial charge in [-0.3, -0.25) is 14.2 Å². The first-order valence-corrected chi connectivity index (χ1v) is 10.4. The molecule has 0 unspecified atom stereocenters. The van der Waals surface area contributed by atoms with Crippen molar-refractivity contribution in [3.8, 4) is 0 Å². The molecular weight excluding hydrogens is 470 g/mol. The molecule has 0 saturated carbocycles. The van der Waals surface area contributed by atoms with Crippen LogP contribution in [0.5, 0.6) is 0 Å². The number of carbonyl (C=O) groups excluding carboxylic acids is 1. The molecule has 2 aromatic heterocycles. The number of hydrogen-bond donors (Lipinski definition) is 1. The van der Waals surface area contributed by atoms with Crippen molar-refractivity contribution >= 4 is 44.5 Å². The van der Waals surface area contributed by atoms with Crippen LogP contribution in [-0.4, -0.2) is 31.8 Å². The number of benzene rings is 2. The number of hydrogen-bond acceptors (Lipinski definition) is 4. The summed E-state index contributed by atoms with van der Waals surface area (Å²) >= 11 is 9.42. The van der Waals surface area contributed by atoms with Crippen molar-refractivity contribution in [1.82, 2.24) is 24.6 Å². The molecular formula is C21H17BrClN5O2. The number of nitrogens with zero attached hydrogens (tertiary/aromatic N) is 4. The highest BCUT2D eigenvalue weighted by molar-refractivity contribution is 9.10. The number of aromatic nitrogens is 4. The van der Waals surface area contributed by atoms with E-state index in [0.717, 1.165) is 10.0 Å². The standard InChI is InChI=1S/C21H17BrClN5O2/c22-15-6-7-18(23)16(10-15)20(29)24-8-9-28-19-17(11-26-28)21(30)27(13-25-19)12-14-4-2-1-3-5-14/h1-7,10-11,13H,8-9,12H2,(H,24,29). The van der Waals surface area contributed by atoms with Crippen LogP contribution in [0.4, 0.5) is 0 Å². The predicted octanol–water partition coefficient (Wildman–Crippen LogP) is 3.49. The highest BCUT2D eigenvalue weighted by Crippen LogP contribution is 2.20. The van der Waals surface area contributed by atoms with Crippen molar-refractivity contribution in [3.05, 3.63) is 92.0 Å². The number of fused-ring (bicyclic) bond motifs is 1. The van der Waals surface area contributed by atoms with Crippen molar-refractivity contribution in [2.24, 2.45) is 0 Å². The Bertz CT molecular complexity index is 1270. The highest BCUT2D eigenvalue weighted by atomic mass is 79.9. The molecule has 30 heavy (non-hydrogen) atoms. The molecule has 0 spiro atoms. The second kappa shape index (κ2) is 8.81. The third kappa shape index (κ3) is 4.29. The van der Waals surface area contributed by atoms with Gasteiger partial charge in [0.05, 0.1) is 29.9 Å². The molecule has 152 valence electrons. The van der Waals surface area contributed by atoms with Gasteiger partial charge in [0, 0.05) is 11.0 Å². The van der Waals surface area contributed by atoms with Crippen LogP contribution >= 0.6 is 27.5 Å². The van der Waals surface area contributed by atoms with Gasteiger partial charge in [-0.15, -0.1) is 0 Å². The molecule has 1 N–H and O–H groups in total. The number of rotatable bonds is 6. The Morgan fingerprint density at radius 2 is 1.97 bits per heavy atom. The lowest BCUT2D eigenvalue weighted by molar-refractivity contribution is 0.0952. The van der Waals surface area contributed by atoms with Gasteiger partial charge in [0.2, 0.25) is 0 Å². The fraction of sp³-hybridized carbons (Fsp3) is 0.143. The van der Waals surface area contributed by atoms with Crippen molar-refractivity contribution in [1.29, 1.82) is 0 Å². The van der Waals surface area contributed by atoms with Gasteiger partial charge in [-0.25, -0.2) is 9.67 Å². The molecule has 2 heterocycles. The maximum atomic E-state index is 12.8. The second-order valence-corrected chi connectivity index (χ2v) is 7.97. The van der Waals surface area contributed by atoms with Crippen LogP contribution in [0, 0.1) is 0 Å². The molecule has 0 aliphatic rings. The first-order chi connectivity index (χ1) is 14.5. The van der Waals surface area contributed by atoms with Gasteiger partial charge in [-0.1, -0.05) is 57.9 Å². The SMILES string of the molecule is O=C(NCCn1ncc2c(=O)n(Cc3ccccc3)cnc21)c1cc(Br)ccc1Cl. The van der Waals surface area contributed by atoms with E-state index in [0.29, 0.717) is 41.3 Å². The number of amides is 1. The summed E-state index contributed by atoms with van der Waals surface area (Å²) in [6.45, 7) is 1.13. The van der Waals surface area contributed by atoms with Crippen molar-refractivity contribution in [3.63, 3.8) is 0 Å². The molecule has 0 atom stereocenters. The van der Waals surface area contributed by atoms with Crippen molar-refractivity contribution in [2.75, 3.05) is 6.54 Å². The van der Waals surface area contributed by atoms with Crippen molar-refractivity contribution < 1.29 is 4.79 Å². The largest absolute Gasteiger partial charge is 0.350 e. The quantitative estimate of drug-likeness (QED) is 0.452. The molecule has 0 saturated heterocycles. The van der Waals surface area contributed by atoms with Gasteiger partial charge in [-0.2, -0.15) is 5.10 Å². The fourth-order valence-corrected chi connectivity index (χ4v) is 3.66. The summed E-state index contributed by atoms with van der Waals surface area (Å²) in [7, 11) is 0. The number of nitrogens with one attached hydrogen (secondary N) is 1. The first kappa shape index (κ1) is 20.3. The normalized spacial score (nSPS) is 11.0. The van der Waals surface area contributed by atoms with Crippen LogP contribution in [0.25, 0.3) is 11.0 Å². The molecule has 4 aromatic rings. The van der Waals surface area contributed by atoms with Crippen LogP contribution in [0.15, 0.2) is 70.3 Å². The van der Waals surface area contributed by atoms with E-state index in [9.17, 15) is 9.59 Å². The molecule has 0 aliphatic carbocycles. The minimum absolute atomic E-state index is 0.153. The Kier molecular flexibility index (Phi) is 5.96. The van der Waals surface area contributed by atoms with Gasteiger partial charge in [0.1, 0.15) is 11.7 Å². The first-order valence-electron chi connectivity index (χ1n) is 9.21. The summed E-state index contributed by atoms with van der Waals surface area (Å²) < 4.78 is 3.93. The van der Waals surface area contributed by atoms with E-state index in [2.05, 4.69) is 31.3 Å². The van der Waals surface area contributed by atoms with Crippen LogP contribution in [0.2, 0.25) is 5.02 Å². The van der Waals surface area contributed by atoms with E-state index in [1.807, 2.05) is 30.3 Å². The number of carbonyl (C=O) groups is 1. The van der Waals surface area contributed by atoms with E-state index in [1.54, 1.807) is 27.4 Å². The molecule has 4 rings (SSSR count). The topological polar surface area (TPSA) is 81.8 Å². The average Bonchev–Trinajstić information content (AvgIpc) is 3.16. The van der Waals surface area contributed by atoms with E-state index in [-0.39, 0.29) is 11.5 Å². The summed E-state index contributed by atoms with van der Waals surface area (Å²) in [5.41, 5.74) is 1.74. The molecule has 0 radical (unpaired) electrons.